The van der Waals surface area contributed by atoms with Gasteiger partial charge in [-0.05, 0) is 38.7 Å². The van der Waals surface area contributed by atoms with Gasteiger partial charge in [0.05, 0.1) is 37.5 Å². The lowest BCUT2D eigenvalue weighted by atomic mass is 10.1. The van der Waals surface area contributed by atoms with E-state index < -0.39 is 51.3 Å². The van der Waals surface area contributed by atoms with Crippen molar-refractivity contribution in [3.05, 3.63) is 168 Å². The second-order valence-electron chi connectivity index (χ2n) is 14.2. The lowest BCUT2D eigenvalue weighted by molar-refractivity contribution is -0.0604. The van der Waals surface area contributed by atoms with Crippen LogP contribution in [-0.2, 0) is 31.9 Å². The monoisotopic (exact) mass is 729 g/mol. The number of esters is 1. The van der Waals surface area contributed by atoms with E-state index in [0.29, 0.717) is 5.56 Å². The summed E-state index contributed by atoms with van der Waals surface area (Å²) in [5.74, 6) is -0.589. The van der Waals surface area contributed by atoms with E-state index in [9.17, 15) is 14.7 Å². The number of aliphatic hydroxyl groups excluding tert-OH is 1. The Morgan fingerprint density at radius 1 is 0.642 bits per heavy atom. The fourth-order valence-electron chi connectivity index (χ4n) is 7.29. The highest BCUT2D eigenvalue weighted by atomic mass is 28.4. The Morgan fingerprint density at radius 2 is 1.11 bits per heavy atom. The predicted molar refractivity (Wildman–Crippen MR) is 207 cm³/mol. The molecule has 4 atom stereocenters. The first kappa shape index (κ1) is 37.7. The van der Waals surface area contributed by atoms with E-state index in [0.717, 1.165) is 21.5 Å². The fraction of sp³-hybridized carbons (Fsp3) is 0.273. The van der Waals surface area contributed by atoms with E-state index in [1.807, 2.05) is 103 Å². The van der Waals surface area contributed by atoms with Crippen molar-refractivity contribution < 1.29 is 33.3 Å². The summed E-state index contributed by atoms with van der Waals surface area (Å²) in [6.45, 7) is 6.25. The average molecular weight is 730 g/mol. The van der Waals surface area contributed by atoms with Crippen molar-refractivity contribution in [1.29, 1.82) is 0 Å². The van der Waals surface area contributed by atoms with E-state index >= 15 is 0 Å². The number of benzene rings is 5. The van der Waals surface area contributed by atoms with Crippen molar-refractivity contribution in [3.8, 4) is 0 Å². The van der Waals surface area contributed by atoms with Crippen LogP contribution in [0, 0.1) is 0 Å². The summed E-state index contributed by atoms with van der Waals surface area (Å²) in [6, 6.07) is 46.4. The molecule has 8 nitrogen and oxygen atoms in total. The normalized spacial score (nSPS) is 18.8. The number of amides is 1. The first-order valence-electron chi connectivity index (χ1n) is 18.0. The zero-order valence-corrected chi connectivity index (χ0v) is 31.4. The Bertz CT molecular complexity index is 1850. The molecule has 1 fully saturated rings. The molecule has 9 heteroatoms. The van der Waals surface area contributed by atoms with Crippen molar-refractivity contribution in [2.45, 2.75) is 63.3 Å². The summed E-state index contributed by atoms with van der Waals surface area (Å²) in [6.07, 6.45) is -2.61. The molecule has 6 rings (SSSR count). The average Bonchev–Trinajstić information content (AvgIpc) is 3.49. The summed E-state index contributed by atoms with van der Waals surface area (Å²) >= 11 is 0. The maximum Gasteiger partial charge on any atom is 0.410 e. The summed E-state index contributed by atoms with van der Waals surface area (Å²) in [4.78, 5) is 29.5. The second kappa shape index (κ2) is 17.2. The van der Waals surface area contributed by atoms with Gasteiger partial charge < -0.3 is 23.7 Å². The minimum Gasteiger partial charge on any atom is -0.454 e. The summed E-state index contributed by atoms with van der Waals surface area (Å²) < 4.78 is 26.2. The zero-order chi connectivity index (χ0) is 37.3. The predicted octanol–water partition coefficient (Wildman–Crippen LogP) is 6.76. The summed E-state index contributed by atoms with van der Waals surface area (Å²) in [5, 5.41) is 12.8. The zero-order valence-electron chi connectivity index (χ0n) is 30.4. The van der Waals surface area contributed by atoms with Crippen molar-refractivity contribution in [3.63, 3.8) is 0 Å². The molecule has 0 radical (unpaired) electrons. The van der Waals surface area contributed by atoms with Crippen LogP contribution in [0.15, 0.2) is 152 Å². The Balaban J connectivity index is 1.43. The Labute approximate surface area is 313 Å². The van der Waals surface area contributed by atoms with Gasteiger partial charge in [0.25, 0.3) is 8.32 Å². The Kier molecular flexibility index (Phi) is 12.2. The summed E-state index contributed by atoms with van der Waals surface area (Å²) in [7, 11) is -3.11. The van der Waals surface area contributed by atoms with E-state index in [4.69, 9.17) is 18.6 Å². The molecule has 274 valence electrons. The van der Waals surface area contributed by atoms with Gasteiger partial charge in [-0.2, -0.15) is 0 Å². The molecule has 53 heavy (non-hydrogen) atoms. The minimum atomic E-state index is -3.11. The molecule has 1 saturated heterocycles. The molecule has 1 heterocycles. The standard InChI is InChI=1S/C44H47NO7Si/c1-44(2,3)53(36-25-15-7-16-26-36,37-27-17-8-18-28-37)51-32-39-40(49-30-33-19-9-4-10-20-33)41(52-42(47)35-23-13-6-14-24-35)38(29-46)45(39)43(48)50-31-34-21-11-5-12-22-34/h4-28,38-41,46H,29-32H2,1-3H3/t38-,39-,40-,41-/m1/s1. The van der Waals surface area contributed by atoms with Crippen LogP contribution in [0.4, 0.5) is 4.79 Å². The van der Waals surface area contributed by atoms with Gasteiger partial charge in [0.1, 0.15) is 12.7 Å². The minimum absolute atomic E-state index is 0.0145. The van der Waals surface area contributed by atoms with Crippen LogP contribution in [0.2, 0.25) is 5.04 Å². The van der Waals surface area contributed by atoms with Crippen molar-refractivity contribution in [2.24, 2.45) is 0 Å². The first-order valence-corrected chi connectivity index (χ1v) is 19.9. The Morgan fingerprint density at radius 3 is 1.60 bits per heavy atom. The smallest absolute Gasteiger partial charge is 0.410 e. The third-order valence-corrected chi connectivity index (χ3v) is 14.8. The van der Waals surface area contributed by atoms with Crippen LogP contribution in [0.25, 0.3) is 0 Å². The third kappa shape index (κ3) is 8.45. The lowest BCUT2D eigenvalue weighted by Gasteiger charge is -2.44. The number of nitrogens with zero attached hydrogens (tertiary/aromatic N) is 1. The van der Waals surface area contributed by atoms with E-state index in [1.54, 1.807) is 24.3 Å². The molecule has 1 aliphatic heterocycles. The number of hydrogen-bond acceptors (Lipinski definition) is 7. The molecule has 0 aromatic heterocycles. The van der Waals surface area contributed by atoms with Gasteiger partial charge in [0, 0.05) is 0 Å². The molecule has 5 aromatic carbocycles. The Hall–Kier alpha value is -5.06. The summed E-state index contributed by atoms with van der Waals surface area (Å²) in [5.41, 5.74) is 2.05. The van der Waals surface area contributed by atoms with Crippen LogP contribution in [-0.4, -0.2) is 67.9 Å². The molecule has 0 aliphatic carbocycles. The highest BCUT2D eigenvalue weighted by Gasteiger charge is 2.57. The van der Waals surface area contributed by atoms with E-state index in [2.05, 4.69) is 45.0 Å². The third-order valence-electron chi connectivity index (χ3n) is 9.83. The molecule has 0 saturated carbocycles. The van der Waals surface area contributed by atoms with Crippen LogP contribution in [0.1, 0.15) is 42.3 Å². The van der Waals surface area contributed by atoms with Crippen LogP contribution in [0.5, 0.6) is 0 Å². The molecule has 0 unspecified atom stereocenters. The molecule has 1 N–H and O–H groups in total. The van der Waals surface area contributed by atoms with Crippen molar-refractivity contribution >= 4 is 30.8 Å². The number of rotatable bonds is 13. The maximum absolute atomic E-state index is 14.3. The molecular formula is C44H47NO7Si. The molecule has 1 aliphatic rings. The van der Waals surface area contributed by atoms with E-state index in [1.165, 1.54) is 4.90 Å². The molecule has 0 bridgehead atoms. The van der Waals surface area contributed by atoms with Crippen molar-refractivity contribution in [1.82, 2.24) is 4.90 Å². The van der Waals surface area contributed by atoms with E-state index in [-0.39, 0.29) is 24.9 Å². The second-order valence-corrected chi connectivity index (χ2v) is 18.5. The maximum atomic E-state index is 14.3. The van der Waals surface area contributed by atoms with Crippen LogP contribution in [0.3, 0.4) is 0 Å². The largest absolute Gasteiger partial charge is 0.454 e. The van der Waals surface area contributed by atoms with Gasteiger partial charge in [-0.25, -0.2) is 9.59 Å². The number of likely N-dealkylation sites (tertiary alicyclic amines) is 1. The van der Waals surface area contributed by atoms with Crippen molar-refractivity contribution in [2.75, 3.05) is 13.2 Å². The fourth-order valence-corrected chi connectivity index (χ4v) is 11.9. The highest BCUT2D eigenvalue weighted by molar-refractivity contribution is 6.99. The van der Waals surface area contributed by atoms with Gasteiger partial charge in [-0.3, -0.25) is 4.90 Å². The van der Waals surface area contributed by atoms with Gasteiger partial charge in [0.2, 0.25) is 0 Å². The number of ether oxygens (including phenoxy) is 3. The SMILES string of the molecule is CC(C)(C)[Si](OC[C@@H]1[C@@H](OCc2ccccc2)[C@H](OC(=O)c2ccccc2)[C@@H](CO)N1C(=O)OCc1ccccc1)(c1ccccc1)c1ccccc1. The van der Waals surface area contributed by atoms with Crippen LogP contribution >= 0.6 is 0 Å². The number of hydrogen-bond donors (Lipinski definition) is 1. The van der Waals surface area contributed by atoms with Gasteiger partial charge in [0.15, 0.2) is 6.10 Å². The first-order chi connectivity index (χ1) is 25.7. The van der Waals surface area contributed by atoms with Crippen LogP contribution < -0.4 is 10.4 Å². The number of aliphatic hydroxyl groups is 1. The number of carbonyl (C=O) groups excluding carboxylic acids is 2. The topological polar surface area (TPSA) is 94.5 Å². The quantitative estimate of drug-likeness (QED) is 0.106. The molecule has 5 aromatic rings. The lowest BCUT2D eigenvalue weighted by Crippen LogP contribution is -2.67. The molecular weight excluding hydrogens is 683 g/mol. The van der Waals surface area contributed by atoms with Gasteiger partial charge in [-0.15, -0.1) is 0 Å². The van der Waals surface area contributed by atoms with Gasteiger partial charge in [-0.1, -0.05) is 160 Å². The molecule has 0 spiro atoms. The molecule has 1 amide bonds. The van der Waals surface area contributed by atoms with Gasteiger partial charge >= 0.3 is 12.1 Å². The number of carbonyl (C=O) groups is 2. The highest BCUT2D eigenvalue weighted by Crippen LogP contribution is 2.39.